The molecule has 5 heteroatoms. The van der Waals surface area contributed by atoms with Crippen LogP contribution < -0.4 is 4.74 Å². The quantitative estimate of drug-likeness (QED) is 0.689. The van der Waals surface area contributed by atoms with Crippen molar-refractivity contribution in [1.29, 1.82) is 0 Å². The summed E-state index contributed by atoms with van der Waals surface area (Å²) in [6.07, 6.45) is 5.86. The highest BCUT2D eigenvalue weighted by molar-refractivity contribution is 5.85. The van der Waals surface area contributed by atoms with E-state index in [1.807, 2.05) is 36.4 Å². The van der Waals surface area contributed by atoms with E-state index < -0.39 is 0 Å². The molecule has 5 nitrogen and oxygen atoms in total. The van der Waals surface area contributed by atoms with Gasteiger partial charge in [0, 0.05) is 30.2 Å². The third-order valence-corrected chi connectivity index (χ3v) is 3.14. The summed E-state index contributed by atoms with van der Waals surface area (Å²) >= 11 is 0. The van der Waals surface area contributed by atoms with Crippen molar-refractivity contribution in [2.24, 2.45) is 0 Å². The van der Waals surface area contributed by atoms with E-state index in [0.29, 0.717) is 11.3 Å². The largest absolute Gasteiger partial charge is 0.497 e. The summed E-state index contributed by atoms with van der Waals surface area (Å²) in [6, 6.07) is 11.1. The maximum absolute atomic E-state index is 11.3. The van der Waals surface area contributed by atoms with Gasteiger partial charge in [0.1, 0.15) is 11.4 Å². The minimum atomic E-state index is 0.531. The number of methoxy groups -OCH3 is 1. The lowest BCUT2D eigenvalue weighted by molar-refractivity contribution is 0.112. The molecule has 0 aliphatic heterocycles. The number of aromatic nitrogens is 3. The van der Waals surface area contributed by atoms with Gasteiger partial charge in [-0.3, -0.25) is 9.78 Å². The Hall–Kier alpha value is -2.95. The van der Waals surface area contributed by atoms with Crippen LogP contribution in [0.2, 0.25) is 0 Å². The lowest BCUT2D eigenvalue weighted by atomic mass is 10.1. The molecular weight excluding hydrogens is 266 g/mol. The van der Waals surface area contributed by atoms with Crippen molar-refractivity contribution in [3.63, 3.8) is 0 Å². The molecule has 0 spiro atoms. The van der Waals surface area contributed by atoms with Crippen LogP contribution in [0.4, 0.5) is 0 Å². The first kappa shape index (κ1) is 13.1. The van der Waals surface area contributed by atoms with E-state index in [1.54, 1.807) is 30.4 Å². The van der Waals surface area contributed by atoms with Gasteiger partial charge in [0.05, 0.1) is 18.4 Å². The zero-order valence-corrected chi connectivity index (χ0v) is 11.4. The summed E-state index contributed by atoms with van der Waals surface area (Å²) < 4.78 is 6.87. The highest BCUT2D eigenvalue weighted by Crippen LogP contribution is 2.23. The molecule has 2 heterocycles. The third kappa shape index (κ3) is 2.53. The van der Waals surface area contributed by atoms with E-state index >= 15 is 0 Å². The Bertz CT molecular complexity index is 766. The van der Waals surface area contributed by atoms with Gasteiger partial charge in [0.2, 0.25) is 0 Å². The molecule has 2 aromatic heterocycles. The van der Waals surface area contributed by atoms with Gasteiger partial charge >= 0.3 is 0 Å². The number of hydrogen-bond acceptors (Lipinski definition) is 4. The lowest BCUT2D eigenvalue weighted by Crippen LogP contribution is -1.95. The average molecular weight is 279 g/mol. The highest BCUT2D eigenvalue weighted by Gasteiger charge is 2.11. The Morgan fingerprint density at radius 1 is 1.19 bits per heavy atom. The van der Waals surface area contributed by atoms with Crippen molar-refractivity contribution in [2.75, 3.05) is 7.11 Å². The molecule has 0 aliphatic rings. The summed E-state index contributed by atoms with van der Waals surface area (Å²) in [4.78, 5) is 15.2. The van der Waals surface area contributed by atoms with Crippen LogP contribution in [-0.4, -0.2) is 28.2 Å². The maximum Gasteiger partial charge on any atom is 0.153 e. The number of pyridine rings is 1. The standard InChI is InChI=1S/C16H13N3O2/c1-21-15-4-2-3-14(9-15)19-10-13(11-20)16(18-19)12-5-7-17-8-6-12/h2-11H,1H3. The fourth-order valence-corrected chi connectivity index (χ4v) is 2.09. The van der Waals surface area contributed by atoms with Crippen molar-refractivity contribution in [3.05, 3.63) is 60.6 Å². The van der Waals surface area contributed by atoms with Crippen molar-refractivity contribution in [1.82, 2.24) is 14.8 Å². The van der Waals surface area contributed by atoms with E-state index in [2.05, 4.69) is 10.1 Å². The van der Waals surface area contributed by atoms with Crippen molar-refractivity contribution >= 4 is 6.29 Å². The molecule has 0 radical (unpaired) electrons. The maximum atomic E-state index is 11.3. The van der Waals surface area contributed by atoms with Crippen LogP contribution in [0, 0.1) is 0 Å². The van der Waals surface area contributed by atoms with Crippen LogP contribution in [0.1, 0.15) is 10.4 Å². The first-order chi connectivity index (χ1) is 10.3. The zero-order chi connectivity index (χ0) is 14.7. The fourth-order valence-electron chi connectivity index (χ4n) is 2.09. The Balaban J connectivity index is 2.09. The Morgan fingerprint density at radius 2 is 2.00 bits per heavy atom. The second-order valence-corrected chi connectivity index (χ2v) is 4.43. The minimum Gasteiger partial charge on any atom is -0.497 e. The monoisotopic (exact) mass is 279 g/mol. The van der Waals surface area contributed by atoms with Crippen molar-refractivity contribution in [3.8, 4) is 22.7 Å². The molecule has 0 saturated heterocycles. The number of hydrogen-bond donors (Lipinski definition) is 0. The SMILES string of the molecule is COc1cccc(-n2cc(C=O)c(-c3ccncc3)n2)c1. The molecule has 3 rings (SSSR count). The molecule has 0 atom stereocenters. The third-order valence-electron chi connectivity index (χ3n) is 3.14. The Labute approximate surface area is 121 Å². The van der Waals surface area contributed by atoms with Crippen LogP contribution in [-0.2, 0) is 0 Å². The molecule has 0 amide bonds. The summed E-state index contributed by atoms with van der Waals surface area (Å²) in [5.74, 6) is 0.737. The van der Waals surface area contributed by atoms with Gasteiger partial charge in [-0.1, -0.05) is 6.07 Å². The van der Waals surface area contributed by atoms with E-state index in [-0.39, 0.29) is 0 Å². The van der Waals surface area contributed by atoms with Gasteiger partial charge in [0.15, 0.2) is 6.29 Å². The minimum absolute atomic E-state index is 0.531. The number of benzene rings is 1. The van der Waals surface area contributed by atoms with Gasteiger partial charge < -0.3 is 4.74 Å². The Morgan fingerprint density at radius 3 is 2.71 bits per heavy atom. The van der Waals surface area contributed by atoms with Crippen LogP contribution in [0.15, 0.2) is 55.0 Å². The van der Waals surface area contributed by atoms with Crippen LogP contribution in [0.5, 0.6) is 5.75 Å². The van der Waals surface area contributed by atoms with Gasteiger partial charge in [0.25, 0.3) is 0 Å². The van der Waals surface area contributed by atoms with E-state index in [0.717, 1.165) is 23.3 Å². The van der Waals surface area contributed by atoms with Gasteiger partial charge in [-0.2, -0.15) is 5.10 Å². The topological polar surface area (TPSA) is 57.0 Å². The smallest absolute Gasteiger partial charge is 0.153 e. The predicted molar refractivity (Wildman–Crippen MR) is 78.7 cm³/mol. The van der Waals surface area contributed by atoms with Gasteiger partial charge in [-0.25, -0.2) is 4.68 Å². The molecule has 0 bridgehead atoms. The molecule has 0 saturated carbocycles. The van der Waals surface area contributed by atoms with E-state index in [1.165, 1.54) is 0 Å². The van der Waals surface area contributed by atoms with Crippen molar-refractivity contribution < 1.29 is 9.53 Å². The number of carbonyl (C=O) groups excluding carboxylic acids is 1. The predicted octanol–water partition coefficient (Wildman–Crippen LogP) is 2.76. The fraction of sp³-hybridized carbons (Fsp3) is 0.0625. The van der Waals surface area contributed by atoms with Crippen LogP contribution in [0.25, 0.3) is 16.9 Å². The number of ether oxygens (including phenoxy) is 1. The second kappa shape index (κ2) is 5.58. The second-order valence-electron chi connectivity index (χ2n) is 4.43. The first-order valence-corrected chi connectivity index (χ1v) is 6.41. The van der Waals surface area contributed by atoms with Crippen molar-refractivity contribution in [2.45, 2.75) is 0 Å². The lowest BCUT2D eigenvalue weighted by Gasteiger charge is -2.04. The molecular formula is C16H13N3O2. The number of nitrogens with zero attached hydrogens (tertiary/aromatic N) is 3. The molecule has 0 unspecified atom stereocenters. The number of rotatable bonds is 4. The zero-order valence-electron chi connectivity index (χ0n) is 11.4. The molecule has 21 heavy (non-hydrogen) atoms. The molecule has 104 valence electrons. The molecule has 3 aromatic rings. The summed E-state index contributed by atoms with van der Waals surface area (Å²) in [6.45, 7) is 0. The first-order valence-electron chi connectivity index (χ1n) is 6.41. The van der Waals surface area contributed by atoms with Gasteiger partial charge in [-0.15, -0.1) is 0 Å². The average Bonchev–Trinajstić information content (AvgIpc) is 3.00. The molecule has 0 N–H and O–H groups in total. The summed E-state index contributed by atoms with van der Waals surface area (Å²) in [5.41, 5.74) is 2.85. The normalized spacial score (nSPS) is 10.3. The Kier molecular flexibility index (Phi) is 3.47. The molecule has 1 aromatic carbocycles. The van der Waals surface area contributed by atoms with E-state index in [4.69, 9.17) is 4.74 Å². The van der Waals surface area contributed by atoms with Crippen LogP contribution in [0.3, 0.4) is 0 Å². The van der Waals surface area contributed by atoms with Gasteiger partial charge in [-0.05, 0) is 24.3 Å². The van der Waals surface area contributed by atoms with E-state index in [9.17, 15) is 4.79 Å². The number of carbonyl (C=O) groups is 1. The molecule has 0 aliphatic carbocycles. The number of aldehydes is 1. The molecule has 0 fully saturated rings. The van der Waals surface area contributed by atoms with Crippen LogP contribution >= 0.6 is 0 Å². The highest BCUT2D eigenvalue weighted by atomic mass is 16.5. The summed E-state index contributed by atoms with van der Waals surface area (Å²) in [5, 5.41) is 4.50. The summed E-state index contributed by atoms with van der Waals surface area (Å²) in [7, 11) is 1.61.